The van der Waals surface area contributed by atoms with Gasteiger partial charge in [-0.05, 0) is 49.7 Å². The van der Waals surface area contributed by atoms with E-state index in [1.165, 1.54) is 0 Å². The van der Waals surface area contributed by atoms with Crippen LogP contribution in [0.4, 0.5) is 0 Å². The molecule has 0 unspecified atom stereocenters. The summed E-state index contributed by atoms with van der Waals surface area (Å²) in [5.41, 5.74) is 0.392. The summed E-state index contributed by atoms with van der Waals surface area (Å²) in [4.78, 5) is 11.7. The Balaban J connectivity index is 2.24. The monoisotopic (exact) mass is 262 g/mol. The summed E-state index contributed by atoms with van der Waals surface area (Å²) in [6.07, 6.45) is 4.10. The van der Waals surface area contributed by atoms with E-state index in [0.717, 1.165) is 37.0 Å². The van der Waals surface area contributed by atoms with Crippen molar-refractivity contribution in [2.45, 2.75) is 39.0 Å². The third-order valence-corrected chi connectivity index (χ3v) is 4.41. The van der Waals surface area contributed by atoms with Gasteiger partial charge in [-0.3, -0.25) is 4.79 Å². The number of hydrogen-bond acceptors (Lipinski definition) is 2. The highest BCUT2D eigenvalue weighted by Gasteiger charge is 2.41. The summed E-state index contributed by atoms with van der Waals surface area (Å²) in [6.45, 7) is 2.20. The van der Waals surface area contributed by atoms with Gasteiger partial charge in [0.2, 0.25) is 0 Å². The minimum Gasteiger partial charge on any atom is -0.496 e. The van der Waals surface area contributed by atoms with Gasteiger partial charge in [-0.25, -0.2) is 0 Å². The molecule has 0 radical (unpaired) electrons. The first-order chi connectivity index (χ1) is 9.07. The highest BCUT2D eigenvalue weighted by Crippen LogP contribution is 2.42. The van der Waals surface area contributed by atoms with Crippen LogP contribution in [-0.4, -0.2) is 18.2 Å². The fraction of sp³-hybridized carbons (Fsp3) is 0.562. The van der Waals surface area contributed by atoms with Gasteiger partial charge in [-0.15, -0.1) is 0 Å². The molecule has 0 saturated heterocycles. The molecule has 1 aliphatic rings. The Hall–Kier alpha value is -1.51. The van der Waals surface area contributed by atoms with Crippen LogP contribution in [0.2, 0.25) is 0 Å². The third-order valence-electron chi connectivity index (χ3n) is 4.41. The minimum atomic E-state index is -0.662. The zero-order valence-corrected chi connectivity index (χ0v) is 11.7. The zero-order chi connectivity index (χ0) is 13.9. The number of hydrogen-bond donors (Lipinski definition) is 1. The van der Waals surface area contributed by atoms with E-state index in [2.05, 4.69) is 6.92 Å². The first-order valence-electron chi connectivity index (χ1n) is 6.93. The molecular weight excluding hydrogens is 240 g/mol. The van der Waals surface area contributed by atoms with Crippen LogP contribution in [0.1, 0.15) is 38.2 Å². The SMILES string of the molecule is COc1ccccc1CC1(C(=O)O)CCC(C)CC1. The molecule has 0 bridgehead atoms. The van der Waals surface area contributed by atoms with Gasteiger partial charge in [0.15, 0.2) is 0 Å². The number of carboxylic acid groups (broad SMARTS) is 1. The lowest BCUT2D eigenvalue weighted by molar-refractivity contribution is -0.151. The number of methoxy groups -OCH3 is 1. The van der Waals surface area contributed by atoms with E-state index in [9.17, 15) is 9.90 Å². The molecule has 0 amide bonds. The molecule has 0 aliphatic heterocycles. The van der Waals surface area contributed by atoms with Crippen molar-refractivity contribution in [1.29, 1.82) is 0 Å². The molecule has 19 heavy (non-hydrogen) atoms. The molecule has 0 atom stereocenters. The Bertz CT molecular complexity index is 445. The quantitative estimate of drug-likeness (QED) is 0.903. The smallest absolute Gasteiger partial charge is 0.309 e. The van der Waals surface area contributed by atoms with Crippen molar-refractivity contribution in [2.75, 3.05) is 7.11 Å². The van der Waals surface area contributed by atoms with Crippen molar-refractivity contribution in [3.8, 4) is 5.75 Å². The maximum atomic E-state index is 11.7. The second-order valence-corrected chi connectivity index (χ2v) is 5.76. The molecule has 3 nitrogen and oxygen atoms in total. The lowest BCUT2D eigenvalue weighted by Crippen LogP contribution is -2.37. The Labute approximate surface area is 114 Å². The normalized spacial score (nSPS) is 26.9. The van der Waals surface area contributed by atoms with Crippen LogP contribution < -0.4 is 4.74 Å². The predicted molar refractivity (Wildman–Crippen MR) is 74.4 cm³/mol. The Morgan fingerprint density at radius 1 is 1.37 bits per heavy atom. The second kappa shape index (κ2) is 5.64. The van der Waals surface area contributed by atoms with Crippen molar-refractivity contribution < 1.29 is 14.6 Å². The average Bonchev–Trinajstić information content (AvgIpc) is 2.42. The molecule has 0 heterocycles. The molecule has 1 saturated carbocycles. The van der Waals surface area contributed by atoms with Gasteiger partial charge in [0, 0.05) is 0 Å². The van der Waals surface area contributed by atoms with Gasteiger partial charge in [-0.2, -0.15) is 0 Å². The molecule has 1 aliphatic carbocycles. The van der Waals surface area contributed by atoms with Gasteiger partial charge >= 0.3 is 5.97 Å². The van der Waals surface area contributed by atoms with Gasteiger partial charge in [0.25, 0.3) is 0 Å². The number of aliphatic carboxylic acids is 1. The van der Waals surface area contributed by atoms with Crippen molar-refractivity contribution >= 4 is 5.97 Å². The lowest BCUT2D eigenvalue weighted by Gasteiger charge is -2.36. The number of carbonyl (C=O) groups is 1. The number of ether oxygens (including phenoxy) is 1. The van der Waals surface area contributed by atoms with Gasteiger partial charge in [-0.1, -0.05) is 25.1 Å². The van der Waals surface area contributed by atoms with Crippen LogP contribution in [0.3, 0.4) is 0 Å². The van der Waals surface area contributed by atoms with Crippen LogP contribution in [0.15, 0.2) is 24.3 Å². The van der Waals surface area contributed by atoms with E-state index in [-0.39, 0.29) is 0 Å². The zero-order valence-electron chi connectivity index (χ0n) is 11.7. The molecule has 1 fully saturated rings. The maximum Gasteiger partial charge on any atom is 0.309 e. The fourth-order valence-electron chi connectivity index (χ4n) is 2.99. The summed E-state index contributed by atoms with van der Waals surface area (Å²) in [6, 6.07) is 7.73. The van der Waals surface area contributed by atoms with Gasteiger partial charge in [0.1, 0.15) is 5.75 Å². The van der Waals surface area contributed by atoms with Crippen molar-refractivity contribution in [1.82, 2.24) is 0 Å². The van der Waals surface area contributed by atoms with E-state index >= 15 is 0 Å². The van der Waals surface area contributed by atoms with Gasteiger partial charge < -0.3 is 9.84 Å². The topological polar surface area (TPSA) is 46.5 Å². The number of para-hydroxylation sites is 1. The van der Waals surface area contributed by atoms with E-state index in [1.807, 2.05) is 24.3 Å². The van der Waals surface area contributed by atoms with Crippen LogP contribution in [0, 0.1) is 11.3 Å². The number of carboxylic acids is 1. The first kappa shape index (κ1) is 13.9. The first-order valence-corrected chi connectivity index (χ1v) is 6.93. The highest BCUT2D eigenvalue weighted by atomic mass is 16.5. The molecule has 3 heteroatoms. The summed E-state index contributed by atoms with van der Waals surface area (Å²) in [5, 5.41) is 9.66. The van der Waals surface area contributed by atoms with E-state index in [1.54, 1.807) is 7.11 Å². The molecule has 0 aromatic heterocycles. The van der Waals surface area contributed by atoms with Crippen LogP contribution in [0.5, 0.6) is 5.75 Å². The number of benzene rings is 1. The average molecular weight is 262 g/mol. The molecule has 104 valence electrons. The van der Waals surface area contributed by atoms with E-state index < -0.39 is 11.4 Å². The highest BCUT2D eigenvalue weighted by molar-refractivity contribution is 5.75. The van der Waals surface area contributed by atoms with Crippen molar-refractivity contribution in [3.63, 3.8) is 0 Å². The van der Waals surface area contributed by atoms with Crippen LogP contribution >= 0.6 is 0 Å². The van der Waals surface area contributed by atoms with Crippen LogP contribution in [0.25, 0.3) is 0 Å². The molecular formula is C16H22O3. The minimum absolute atomic E-state index is 0.569. The summed E-state index contributed by atoms with van der Waals surface area (Å²) in [5.74, 6) is 0.775. The molecule has 1 aromatic carbocycles. The van der Waals surface area contributed by atoms with E-state index in [4.69, 9.17) is 4.74 Å². The molecule has 2 rings (SSSR count). The molecule has 0 spiro atoms. The lowest BCUT2D eigenvalue weighted by atomic mass is 9.68. The fourth-order valence-corrected chi connectivity index (χ4v) is 2.99. The van der Waals surface area contributed by atoms with Crippen LogP contribution in [-0.2, 0) is 11.2 Å². The summed E-state index contributed by atoms with van der Waals surface area (Å²) in [7, 11) is 1.63. The number of rotatable bonds is 4. The van der Waals surface area contributed by atoms with Crippen molar-refractivity contribution in [2.24, 2.45) is 11.3 Å². The molecule has 1 aromatic rings. The van der Waals surface area contributed by atoms with Crippen molar-refractivity contribution in [3.05, 3.63) is 29.8 Å². The largest absolute Gasteiger partial charge is 0.496 e. The third kappa shape index (κ3) is 2.91. The van der Waals surface area contributed by atoms with E-state index in [0.29, 0.717) is 12.3 Å². The Morgan fingerprint density at radius 2 is 2.00 bits per heavy atom. The molecule has 1 N–H and O–H groups in total. The maximum absolute atomic E-state index is 11.7. The summed E-state index contributed by atoms with van der Waals surface area (Å²) < 4.78 is 5.34. The Morgan fingerprint density at radius 3 is 2.58 bits per heavy atom. The standard InChI is InChI=1S/C16H22O3/c1-12-7-9-16(10-8-12,15(17)18)11-13-5-3-4-6-14(13)19-2/h3-6,12H,7-11H2,1-2H3,(H,17,18). The predicted octanol–water partition coefficient (Wildman–Crippen LogP) is 3.52. The van der Waals surface area contributed by atoms with Gasteiger partial charge in [0.05, 0.1) is 12.5 Å². The second-order valence-electron chi connectivity index (χ2n) is 5.76. The summed E-state index contributed by atoms with van der Waals surface area (Å²) >= 11 is 0. The Kier molecular flexibility index (Phi) is 4.13.